The van der Waals surface area contributed by atoms with Crippen molar-refractivity contribution in [3.05, 3.63) is 18.2 Å². The molecule has 4 nitrogen and oxygen atoms in total. The molecular formula is C11H21N3OS. The minimum absolute atomic E-state index is 0.622. The molecule has 1 atom stereocenters. The Morgan fingerprint density at radius 2 is 2.38 bits per heavy atom. The van der Waals surface area contributed by atoms with E-state index in [9.17, 15) is 5.11 Å². The molecule has 0 aliphatic rings. The molecule has 0 saturated carbocycles. The van der Waals surface area contributed by atoms with Gasteiger partial charge in [-0.2, -0.15) is 11.8 Å². The lowest BCUT2D eigenvalue weighted by Crippen LogP contribution is -2.41. The van der Waals surface area contributed by atoms with E-state index in [1.807, 2.05) is 26.3 Å². The van der Waals surface area contributed by atoms with Crippen LogP contribution in [0.5, 0.6) is 0 Å². The van der Waals surface area contributed by atoms with E-state index in [0.717, 1.165) is 24.7 Å². The summed E-state index contributed by atoms with van der Waals surface area (Å²) in [7, 11) is 0. The van der Waals surface area contributed by atoms with Crippen molar-refractivity contribution in [3.8, 4) is 0 Å². The van der Waals surface area contributed by atoms with E-state index >= 15 is 0 Å². The number of nitrogens with one attached hydrogen (secondary N) is 1. The highest BCUT2D eigenvalue weighted by atomic mass is 32.2. The number of thioether (sulfide) groups is 1. The average Bonchev–Trinajstić information content (AvgIpc) is 2.59. The Hall–Kier alpha value is -0.520. The fraction of sp³-hybridized carbons (Fsp3) is 0.727. The molecule has 0 aliphatic carbocycles. The van der Waals surface area contributed by atoms with E-state index in [2.05, 4.69) is 14.9 Å². The minimum atomic E-state index is -0.622. The fourth-order valence-electron chi connectivity index (χ4n) is 1.56. The Morgan fingerprint density at radius 3 is 2.94 bits per heavy atom. The summed E-state index contributed by atoms with van der Waals surface area (Å²) in [6.45, 7) is 6.22. The van der Waals surface area contributed by atoms with Crippen molar-refractivity contribution in [2.45, 2.75) is 26.0 Å². The van der Waals surface area contributed by atoms with Gasteiger partial charge in [0.2, 0.25) is 0 Å². The Balaban J connectivity index is 2.19. The first kappa shape index (κ1) is 13.5. The monoisotopic (exact) mass is 243 g/mol. The van der Waals surface area contributed by atoms with Crippen LogP contribution >= 0.6 is 11.8 Å². The molecule has 1 rings (SSSR count). The molecule has 92 valence electrons. The normalized spacial score (nSPS) is 15.0. The van der Waals surface area contributed by atoms with Gasteiger partial charge in [0.25, 0.3) is 0 Å². The molecule has 1 heterocycles. The Kier molecular flexibility index (Phi) is 5.31. The third-order valence-corrected chi connectivity index (χ3v) is 3.32. The maximum Gasteiger partial charge on any atom is 0.105 e. The first-order chi connectivity index (χ1) is 7.55. The molecule has 0 spiro atoms. The molecule has 5 heteroatoms. The van der Waals surface area contributed by atoms with Crippen LogP contribution in [0, 0.1) is 6.92 Å². The standard InChI is InChI=1S/C11H21N3OS/c1-10-13-5-7-14(10)6-4-12-8-11(2,15)9-16-3/h5,7,12,15H,4,6,8-9H2,1-3H3. The number of aliphatic hydroxyl groups is 1. The predicted octanol–water partition coefficient (Wildman–Crippen LogP) is 0.895. The largest absolute Gasteiger partial charge is 0.388 e. The lowest BCUT2D eigenvalue weighted by Gasteiger charge is -2.22. The summed E-state index contributed by atoms with van der Waals surface area (Å²) in [6, 6.07) is 0. The number of rotatable bonds is 7. The third kappa shape index (κ3) is 4.55. The van der Waals surface area contributed by atoms with E-state index in [0.29, 0.717) is 6.54 Å². The van der Waals surface area contributed by atoms with Crippen molar-refractivity contribution < 1.29 is 5.11 Å². The van der Waals surface area contributed by atoms with Crippen LogP contribution in [0.1, 0.15) is 12.7 Å². The minimum Gasteiger partial charge on any atom is -0.388 e. The summed E-state index contributed by atoms with van der Waals surface area (Å²) in [6.07, 6.45) is 5.78. The Labute approximate surface area is 101 Å². The molecule has 0 saturated heterocycles. The Bertz CT molecular complexity index is 312. The van der Waals surface area contributed by atoms with E-state index in [1.165, 1.54) is 0 Å². The van der Waals surface area contributed by atoms with Gasteiger partial charge in [-0.3, -0.25) is 0 Å². The van der Waals surface area contributed by atoms with Crippen molar-refractivity contribution in [1.82, 2.24) is 14.9 Å². The highest BCUT2D eigenvalue weighted by molar-refractivity contribution is 7.98. The summed E-state index contributed by atoms with van der Waals surface area (Å²) in [5.41, 5.74) is -0.622. The zero-order valence-corrected chi connectivity index (χ0v) is 11.0. The molecule has 1 unspecified atom stereocenters. The predicted molar refractivity (Wildman–Crippen MR) is 68.8 cm³/mol. The molecular weight excluding hydrogens is 222 g/mol. The summed E-state index contributed by atoms with van der Waals surface area (Å²) in [4.78, 5) is 4.16. The molecule has 0 aromatic carbocycles. The van der Waals surface area contributed by atoms with Gasteiger partial charge in [-0.1, -0.05) is 0 Å². The van der Waals surface area contributed by atoms with Crippen LogP contribution in [-0.2, 0) is 6.54 Å². The summed E-state index contributed by atoms with van der Waals surface area (Å²) in [5, 5.41) is 13.2. The highest BCUT2D eigenvalue weighted by Crippen LogP contribution is 2.08. The number of imidazole rings is 1. The van der Waals surface area contributed by atoms with Gasteiger partial charge in [0.15, 0.2) is 0 Å². The lowest BCUT2D eigenvalue weighted by atomic mass is 10.1. The number of nitrogens with zero attached hydrogens (tertiary/aromatic N) is 2. The van der Waals surface area contributed by atoms with Gasteiger partial charge >= 0.3 is 0 Å². The lowest BCUT2D eigenvalue weighted by molar-refractivity contribution is 0.0848. The van der Waals surface area contributed by atoms with Crippen molar-refractivity contribution in [2.24, 2.45) is 0 Å². The van der Waals surface area contributed by atoms with Gasteiger partial charge < -0.3 is 15.0 Å². The van der Waals surface area contributed by atoms with Gasteiger partial charge in [-0.05, 0) is 20.1 Å². The molecule has 2 N–H and O–H groups in total. The van der Waals surface area contributed by atoms with E-state index in [4.69, 9.17) is 0 Å². The summed E-state index contributed by atoms with van der Waals surface area (Å²) >= 11 is 1.66. The molecule has 1 aromatic rings. The quantitative estimate of drug-likeness (QED) is 0.699. The zero-order chi connectivity index (χ0) is 12.0. The van der Waals surface area contributed by atoms with Gasteiger partial charge in [0.05, 0.1) is 5.60 Å². The first-order valence-corrected chi connectivity index (χ1v) is 6.84. The molecule has 0 radical (unpaired) electrons. The second-order valence-corrected chi connectivity index (χ2v) is 5.14. The van der Waals surface area contributed by atoms with Crippen molar-refractivity contribution >= 4 is 11.8 Å². The zero-order valence-electron chi connectivity index (χ0n) is 10.2. The number of hydrogen-bond acceptors (Lipinski definition) is 4. The Morgan fingerprint density at radius 1 is 1.62 bits per heavy atom. The number of aromatic nitrogens is 2. The number of aryl methyl sites for hydroxylation is 1. The summed E-state index contributed by atoms with van der Waals surface area (Å²) in [5.74, 6) is 1.78. The van der Waals surface area contributed by atoms with Crippen molar-refractivity contribution in [2.75, 3.05) is 25.1 Å². The van der Waals surface area contributed by atoms with Gasteiger partial charge in [0.1, 0.15) is 5.82 Å². The van der Waals surface area contributed by atoms with Crippen molar-refractivity contribution in [3.63, 3.8) is 0 Å². The topological polar surface area (TPSA) is 50.1 Å². The second-order valence-electron chi connectivity index (χ2n) is 4.27. The van der Waals surface area contributed by atoms with E-state index in [1.54, 1.807) is 18.0 Å². The van der Waals surface area contributed by atoms with E-state index in [-0.39, 0.29) is 0 Å². The smallest absolute Gasteiger partial charge is 0.105 e. The van der Waals surface area contributed by atoms with Gasteiger partial charge in [-0.25, -0.2) is 4.98 Å². The van der Waals surface area contributed by atoms with Crippen LogP contribution in [-0.4, -0.2) is 45.4 Å². The highest BCUT2D eigenvalue weighted by Gasteiger charge is 2.18. The SMILES string of the molecule is CSCC(C)(O)CNCCn1ccnc1C. The average molecular weight is 243 g/mol. The molecule has 0 bridgehead atoms. The fourth-order valence-corrected chi connectivity index (χ4v) is 2.28. The maximum atomic E-state index is 9.92. The van der Waals surface area contributed by atoms with Gasteiger partial charge in [-0.15, -0.1) is 0 Å². The first-order valence-electron chi connectivity index (χ1n) is 5.45. The summed E-state index contributed by atoms with van der Waals surface area (Å²) < 4.78 is 2.09. The maximum absolute atomic E-state index is 9.92. The van der Waals surface area contributed by atoms with Gasteiger partial charge in [0, 0.05) is 37.8 Å². The van der Waals surface area contributed by atoms with Crippen LogP contribution in [0.15, 0.2) is 12.4 Å². The molecule has 0 fully saturated rings. The molecule has 16 heavy (non-hydrogen) atoms. The van der Waals surface area contributed by atoms with Crippen LogP contribution in [0.3, 0.4) is 0 Å². The van der Waals surface area contributed by atoms with Crippen LogP contribution in [0.4, 0.5) is 0 Å². The van der Waals surface area contributed by atoms with Crippen molar-refractivity contribution in [1.29, 1.82) is 0 Å². The molecule has 0 aliphatic heterocycles. The molecule has 1 aromatic heterocycles. The van der Waals surface area contributed by atoms with Crippen LogP contribution in [0.2, 0.25) is 0 Å². The van der Waals surface area contributed by atoms with Crippen LogP contribution < -0.4 is 5.32 Å². The third-order valence-electron chi connectivity index (χ3n) is 2.41. The number of hydrogen-bond donors (Lipinski definition) is 2. The second kappa shape index (κ2) is 6.27. The van der Waals surface area contributed by atoms with Crippen LogP contribution in [0.25, 0.3) is 0 Å². The molecule has 0 amide bonds. The van der Waals surface area contributed by atoms with E-state index < -0.39 is 5.60 Å².